The van der Waals surface area contributed by atoms with E-state index < -0.39 is 0 Å². The molecule has 1 atom stereocenters. The van der Waals surface area contributed by atoms with E-state index >= 15 is 0 Å². The van der Waals surface area contributed by atoms with E-state index in [0.29, 0.717) is 6.04 Å². The summed E-state index contributed by atoms with van der Waals surface area (Å²) in [5.74, 6) is 0.919. The standard InChI is InChI=1S/C12H18N2O/c1-14-8-7-13-12(9-14)10-3-5-11(15-2)6-4-10/h3-6,12-13H,7-9H2,1-2H3. The molecule has 1 aliphatic heterocycles. The van der Waals surface area contributed by atoms with Crippen LogP contribution in [-0.4, -0.2) is 38.7 Å². The minimum absolute atomic E-state index is 0.453. The average molecular weight is 206 g/mol. The molecule has 0 saturated carbocycles. The maximum Gasteiger partial charge on any atom is 0.118 e. The molecule has 82 valence electrons. The van der Waals surface area contributed by atoms with Crippen LogP contribution in [0, 0.1) is 0 Å². The van der Waals surface area contributed by atoms with Crippen molar-refractivity contribution < 1.29 is 4.74 Å². The molecule has 2 rings (SSSR count). The van der Waals surface area contributed by atoms with Crippen LogP contribution in [0.15, 0.2) is 24.3 Å². The Bertz CT molecular complexity index is 310. The summed E-state index contributed by atoms with van der Waals surface area (Å²) in [5.41, 5.74) is 1.34. The Labute approximate surface area is 91.0 Å². The molecule has 1 fully saturated rings. The lowest BCUT2D eigenvalue weighted by Gasteiger charge is -2.31. The van der Waals surface area contributed by atoms with Crippen molar-refractivity contribution in [3.8, 4) is 5.75 Å². The SMILES string of the molecule is COc1ccc(C2CN(C)CCN2)cc1. The van der Waals surface area contributed by atoms with Crippen LogP contribution < -0.4 is 10.1 Å². The number of rotatable bonds is 2. The minimum Gasteiger partial charge on any atom is -0.497 e. The zero-order valence-electron chi connectivity index (χ0n) is 9.36. The van der Waals surface area contributed by atoms with Crippen LogP contribution in [0.2, 0.25) is 0 Å². The predicted octanol–water partition coefficient (Wildman–Crippen LogP) is 1.27. The minimum atomic E-state index is 0.453. The first-order chi connectivity index (χ1) is 7.29. The molecule has 0 radical (unpaired) electrons. The number of piperazine rings is 1. The summed E-state index contributed by atoms with van der Waals surface area (Å²) < 4.78 is 5.15. The van der Waals surface area contributed by atoms with Crippen LogP contribution in [0.3, 0.4) is 0 Å². The van der Waals surface area contributed by atoms with Gasteiger partial charge < -0.3 is 15.0 Å². The van der Waals surface area contributed by atoms with E-state index in [1.54, 1.807) is 7.11 Å². The van der Waals surface area contributed by atoms with Gasteiger partial charge in [0.1, 0.15) is 5.75 Å². The highest BCUT2D eigenvalue weighted by Gasteiger charge is 2.17. The lowest BCUT2D eigenvalue weighted by molar-refractivity contribution is 0.241. The van der Waals surface area contributed by atoms with Crippen LogP contribution in [0.4, 0.5) is 0 Å². The van der Waals surface area contributed by atoms with Crippen molar-refractivity contribution >= 4 is 0 Å². The number of benzene rings is 1. The molecule has 3 nitrogen and oxygen atoms in total. The van der Waals surface area contributed by atoms with Gasteiger partial charge in [-0.25, -0.2) is 0 Å². The Morgan fingerprint density at radius 1 is 1.33 bits per heavy atom. The Balaban J connectivity index is 2.07. The Morgan fingerprint density at radius 3 is 2.67 bits per heavy atom. The van der Waals surface area contributed by atoms with Gasteiger partial charge in [0.25, 0.3) is 0 Å². The molecule has 0 bridgehead atoms. The summed E-state index contributed by atoms with van der Waals surface area (Å²) in [6.45, 7) is 3.27. The molecule has 15 heavy (non-hydrogen) atoms. The summed E-state index contributed by atoms with van der Waals surface area (Å²) in [4.78, 5) is 2.35. The molecule has 1 aromatic carbocycles. The number of nitrogens with zero attached hydrogens (tertiary/aromatic N) is 1. The van der Waals surface area contributed by atoms with E-state index in [0.717, 1.165) is 25.4 Å². The van der Waals surface area contributed by atoms with Crippen molar-refractivity contribution in [3.05, 3.63) is 29.8 Å². The fraction of sp³-hybridized carbons (Fsp3) is 0.500. The van der Waals surface area contributed by atoms with Crippen molar-refractivity contribution in [1.82, 2.24) is 10.2 Å². The van der Waals surface area contributed by atoms with Gasteiger partial charge in [0.05, 0.1) is 7.11 Å². The predicted molar refractivity (Wildman–Crippen MR) is 61.2 cm³/mol. The molecule has 1 aliphatic rings. The number of likely N-dealkylation sites (N-methyl/N-ethyl adjacent to an activating group) is 1. The number of ether oxygens (including phenoxy) is 1. The molecule has 1 aromatic rings. The van der Waals surface area contributed by atoms with Gasteiger partial charge >= 0.3 is 0 Å². The van der Waals surface area contributed by atoms with Crippen molar-refractivity contribution in [2.24, 2.45) is 0 Å². The number of nitrogens with one attached hydrogen (secondary N) is 1. The second-order valence-electron chi connectivity index (χ2n) is 4.04. The highest BCUT2D eigenvalue weighted by Crippen LogP contribution is 2.19. The zero-order chi connectivity index (χ0) is 10.7. The van der Waals surface area contributed by atoms with Gasteiger partial charge in [-0.1, -0.05) is 12.1 Å². The summed E-state index contributed by atoms with van der Waals surface area (Å²) in [7, 11) is 3.86. The van der Waals surface area contributed by atoms with E-state index in [4.69, 9.17) is 4.74 Å². The van der Waals surface area contributed by atoms with Gasteiger partial charge in [-0.05, 0) is 24.7 Å². The quantitative estimate of drug-likeness (QED) is 0.788. The molecule has 1 saturated heterocycles. The van der Waals surface area contributed by atoms with Gasteiger partial charge in [0, 0.05) is 25.7 Å². The van der Waals surface area contributed by atoms with Gasteiger partial charge in [-0.2, -0.15) is 0 Å². The van der Waals surface area contributed by atoms with Crippen LogP contribution in [0.1, 0.15) is 11.6 Å². The smallest absolute Gasteiger partial charge is 0.118 e. The van der Waals surface area contributed by atoms with Gasteiger partial charge in [-0.15, -0.1) is 0 Å². The summed E-state index contributed by atoms with van der Waals surface area (Å²) >= 11 is 0. The highest BCUT2D eigenvalue weighted by molar-refractivity contribution is 5.29. The van der Waals surface area contributed by atoms with Crippen molar-refractivity contribution in [1.29, 1.82) is 0 Å². The molecule has 0 aromatic heterocycles. The number of methoxy groups -OCH3 is 1. The van der Waals surface area contributed by atoms with Crippen LogP contribution in [0.25, 0.3) is 0 Å². The fourth-order valence-electron chi connectivity index (χ4n) is 1.96. The molecule has 0 amide bonds. The van der Waals surface area contributed by atoms with E-state index in [9.17, 15) is 0 Å². The molecular weight excluding hydrogens is 188 g/mol. The second-order valence-corrected chi connectivity index (χ2v) is 4.04. The lowest BCUT2D eigenvalue weighted by Crippen LogP contribution is -2.43. The monoisotopic (exact) mass is 206 g/mol. The van der Waals surface area contributed by atoms with Crippen LogP contribution >= 0.6 is 0 Å². The normalized spacial score (nSPS) is 22.7. The second kappa shape index (κ2) is 4.64. The zero-order valence-corrected chi connectivity index (χ0v) is 9.36. The Morgan fingerprint density at radius 2 is 2.07 bits per heavy atom. The summed E-state index contributed by atoms with van der Waals surface area (Å²) in [5, 5.41) is 3.52. The van der Waals surface area contributed by atoms with Crippen LogP contribution in [0.5, 0.6) is 5.75 Å². The van der Waals surface area contributed by atoms with E-state index in [1.807, 2.05) is 12.1 Å². The first kappa shape index (κ1) is 10.5. The largest absolute Gasteiger partial charge is 0.497 e. The lowest BCUT2D eigenvalue weighted by atomic mass is 10.0. The molecule has 1 N–H and O–H groups in total. The molecule has 0 aliphatic carbocycles. The van der Waals surface area contributed by atoms with E-state index in [2.05, 4.69) is 29.4 Å². The maximum absolute atomic E-state index is 5.15. The fourth-order valence-corrected chi connectivity index (χ4v) is 1.96. The van der Waals surface area contributed by atoms with E-state index in [1.165, 1.54) is 5.56 Å². The average Bonchev–Trinajstić information content (AvgIpc) is 2.29. The van der Waals surface area contributed by atoms with Crippen molar-refractivity contribution in [3.63, 3.8) is 0 Å². The van der Waals surface area contributed by atoms with Crippen molar-refractivity contribution in [2.45, 2.75) is 6.04 Å². The maximum atomic E-state index is 5.15. The first-order valence-electron chi connectivity index (χ1n) is 5.35. The number of hydrogen-bond acceptors (Lipinski definition) is 3. The molecular formula is C12H18N2O. The van der Waals surface area contributed by atoms with Crippen LogP contribution in [-0.2, 0) is 0 Å². The molecule has 3 heteroatoms. The number of hydrogen-bond donors (Lipinski definition) is 1. The third kappa shape index (κ3) is 2.49. The third-order valence-corrected chi connectivity index (χ3v) is 2.90. The van der Waals surface area contributed by atoms with E-state index in [-0.39, 0.29) is 0 Å². The van der Waals surface area contributed by atoms with Gasteiger partial charge in [0.2, 0.25) is 0 Å². The highest BCUT2D eigenvalue weighted by atomic mass is 16.5. The summed E-state index contributed by atoms with van der Waals surface area (Å²) in [6, 6.07) is 8.76. The molecule has 1 unspecified atom stereocenters. The molecule has 0 spiro atoms. The molecule has 1 heterocycles. The van der Waals surface area contributed by atoms with Crippen molar-refractivity contribution in [2.75, 3.05) is 33.8 Å². The summed E-state index contributed by atoms with van der Waals surface area (Å²) in [6.07, 6.45) is 0. The third-order valence-electron chi connectivity index (χ3n) is 2.90. The first-order valence-corrected chi connectivity index (χ1v) is 5.35. The van der Waals surface area contributed by atoms with Gasteiger partial charge in [0.15, 0.2) is 0 Å². The topological polar surface area (TPSA) is 24.5 Å². The van der Waals surface area contributed by atoms with Gasteiger partial charge in [-0.3, -0.25) is 0 Å². The Hall–Kier alpha value is -1.06. The Kier molecular flexibility index (Phi) is 3.23.